The average molecular weight is 414 g/mol. The third-order valence-corrected chi connectivity index (χ3v) is 4.51. The van der Waals surface area contributed by atoms with Crippen LogP contribution in [0.25, 0.3) is 0 Å². The minimum Gasteiger partial charge on any atom is -0.462 e. The Bertz CT molecular complexity index is 976. The van der Waals surface area contributed by atoms with Crippen molar-refractivity contribution in [2.24, 2.45) is 0 Å². The zero-order valence-corrected chi connectivity index (χ0v) is 17.8. The van der Waals surface area contributed by atoms with Crippen molar-refractivity contribution in [1.82, 2.24) is 10.3 Å². The van der Waals surface area contributed by atoms with E-state index in [0.717, 1.165) is 5.56 Å². The number of ether oxygens (including phenoxy) is 2. The van der Waals surface area contributed by atoms with Crippen LogP contribution in [0.5, 0.6) is 0 Å². The Balaban J connectivity index is 1.98. The Morgan fingerprint density at radius 1 is 1.13 bits per heavy atom. The minimum atomic E-state index is -1.10. The van der Waals surface area contributed by atoms with Gasteiger partial charge in [-0.1, -0.05) is 17.7 Å². The van der Waals surface area contributed by atoms with Crippen LogP contribution in [0.3, 0.4) is 0 Å². The second kappa shape index (κ2) is 9.87. The van der Waals surface area contributed by atoms with Gasteiger partial charge >= 0.3 is 11.9 Å². The summed E-state index contributed by atoms with van der Waals surface area (Å²) in [6.07, 6.45) is -1.10. The summed E-state index contributed by atoms with van der Waals surface area (Å²) in [5.74, 6) is -2.16. The minimum absolute atomic E-state index is 0.180. The molecule has 8 nitrogen and oxygen atoms in total. The highest BCUT2D eigenvalue weighted by Gasteiger charge is 2.27. The van der Waals surface area contributed by atoms with Crippen molar-refractivity contribution < 1.29 is 28.7 Å². The molecule has 0 spiro atoms. The van der Waals surface area contributed by atoms with E-state index in [1.165, 1.54) is 6.92 Å². The largest absolute Gasteiger partial charge is 0.462 e. The van der Waals surface area contributed by atoms with E-state index in [1.54, 1.807) is 39.0 Å². The molecule has 1 aromatic carbocycles. The molecule has 0 saturated heterocycles. The first-order valence-electron chi connectivity index (χ1n) is 9.60. The Kier molecular flexibility index (Phi) is 7.52. The van der Waals surface area contributed by atoms with Gasteiger partial charge in [-0.25, -0.2) is 4.79 Å². The zero-order chi connectivity index (χ0) is 22.4. The first-order valence-corrected chi connectivity index (χ1v) is 9.60. The molecule has 1 atom stereocenters. The van der Waals surface area contributed by atoms with Crippen molar-refractivity contribution in [2.45, 2.75) is 40.7 Å². The van der Waals surface area contributed by atoms with Crippen LogP contribution in [0.2, 0.25) is 0 Å². The van der Waals surface area contributed by atoms with Gasteiger partial charge in [-0.15, -0.1) is 0 Å². The maximum atomic E-state index is 12.7. The molecule has 160 valence electrons. The van der Waals surface area contributed by atoms with Crippen molar-refractivity contribution in [3.8, 4) is 0 Å². The van der Waals surface area contributed by atoms with Crippen LogP contribution in [0.1, 0.15) is 61.9 Å². The van der Waals surface area contributed by atoms with Gasteiger partial charge in [0, 0.05) is 11.3 Å². The Morgan fingerprint density at radius 2 is 1.83 bits per heavy atom. The first-order chi connectivity index (χ1) is 14.1. The third kappa shape index (κ3) is 5.34. The molecular formula is C22H26N2O6. The number of nitrogens with one attached hydrogen (secondary N) is 2. The monoisotopic (exact) mass is 414 g/mol. The normalized spacial score (nSPS) is 11.5. The van der Waals surface area contributed by atoms with Crippen LogP contribution < -0.4 is 5.32 Å². The zero-order valence-electron chi connectivity index (χ0n) is 17.8. The maximum absolute atomic E-state index is 12.7. The molecule has 8 heteroatoms. The highest BCUT2D eigenvalue weighted by atomic mass is 16.5. The second-order valence-corrected chi connectivity index (χ2v) is 6.89. The van der Waals surface area contributed by atoms with Crippen LogP contribution in [0.15, 0.2) is 24.3 Å². The van der Waals surface area contributed by atoms with E-state index in [1.807, 2.05) is 13.0 Å². The van der Waals surface area contributed by atoms with Crippen molar-refractivity contribution in [1.29, 1.82) is 0 Å². The maximum Gasteiger partial charge on any atom is 0.340 e. The summed E-state index contributed by atoms with van der Waals surface area (Å²) in [4.78, 5) is 51.8. The van der Waals surface area contributed by atoms with E-state index >= 15 is 0 Å². The number of Topliss-reactive ketones (excluding diaryl/α,β-unsaturated/α-hetero) is 1. The van der Waals surface area contributed by atoms with Gasteiger partial charge < -0.3 is 19.8 Å². The number of aryl methyl sites for hydroxylation is 2. The number of hydrogen-bond acceptors (Lipinski definition) is 6. The molecule has 2 aromatic rings. The van der Waals surface area contributed by atoms with Gasteiger partial charge in [-0.05, 0) is 52.3 Å². The SMILES string of the molecule is CCOC(=O)c1c(C)[nH]c(C(=O)[C@H](C)OC(=O)CNC(=O)c2cccc(C)c2)c1C. The van der Waals surface area contributed by atoms with E-state index in [-0.39, 0.29) is 18.8 Å². The van der Waals surface area contributed by atoms with Gasteiger partial charge in [0.05, 0.1) is 17.9 Å². The lowest BCUT2D eigenvalue weighted by atomic mass is 10.1. The van der Waals surface area contributed by atoms with Gasteiger partial charge in [-0.2, -0.15) is 0 Å². The van der Waals surface area contributed by atoms with E-state index in [2.05, 4.69) is 10.3 Å². The summed E-state index contributed by atoms with van der Waals surface area (Å²) < 4.78 is 10.2. The molecule has 1 heterocycles. The van der Waals surface area contributed by atoms with Crippen molar-refractivity contribution >= 4 is 23.6 Å². The van der Waals surface area contributed by atoms with Crippen LogP contribution in [-0.2, 0) is 14.3 Å². The molecule has 0 fully saturated rings. The summed E-state index contributed by atoms with van der Waals surface area (Å²) >= 11 is 0. The number of esters is 2. The molecule has 1 aromatic heterocycles. The van der Waals surface area contributed by atoms with E-state index in [0.29, 0.717) is 22.4 Å². The van der Waals surface area contributed by atoms with Gasteiger partial charge in [0.1, 0.15) is 6.54 Å². The Hall–Kier alpha value is -3.42. The summed E-state index contributed by atoms with van der Waals surface area (Å²) in [6, 6.07) is 6.94. The molecular weight excluding hydrogens is 388 g/mol. The number of amides is 1. The molecule has 0 saturated carbocycles. The molecule has 1 amide bonds. The summed E-state index contributed by atoms with van der Waals surface area (Å²) in [6.45, 7) is 8.11. The third-order valence-electron chi connectivity index (χ3n) is 4.51. The number of H-pyrrole nitrogens is 1. The van der Waals surface area contributed by atoms with Gasteiger partial charge in [0.2, 0.25) is 5.78 Å². The van der Waals surface area contributed by atoms with Crippen molar-refractivity contribution in [2.75, 3.05) is 13.2 Å². The van der Waals surface area contributed by atoms with Gasteiger partial charge in [0.15, 0.2) is 6.10 Å². The van der Waals surface area contributed by atoms with Gasteiger partial charge in [-0.3, -0.25) is 14.4 Å². The Morgan fingerprint density at radius 3 is 2.47 bits per heavy atom. The first kappa shape index (κ1) is 22.9. The Labute approximate surface area is 175 Å². The van der Waals surface area contributed by atoms with Crippen LogP contribution in [-0.4, -0.2) is 47.9 Å². The molecule has 0 radical (unpaired) electrons. The molecule has 0 unspecified atom stereocenters. The van der Waals surface area contributed by atoms with E-state index in [4.69, 9.17) is 9.47 Å². The molecule has 0 bridgehead atoms. The molecule has 2 rings (SSSR count). The molecule has 0 aliphatic carbocycles. The fourth-order valence-electron chi connectivity index (χ4n) is 3.04. The number of aromatic amines is 1. The smallest absolute Gasteiger partial charge is 0.340 e. The number of hydrogen-bond donors (Lipinski definition) is 2. The molecule has 0 aliphatic rings. The van der Waals surface area contributed by atoms with Crippen molar-refractivity contribution in [3.63, 3.8) is 0 Å². The van der Waals surface area contributed by atoms with Crippen LogP contribution in [0.4, 0.5) is 0 Å². The number of ketones is 1. The van der Waals surface area contributed by atoms with Gasteiger partial charge in [0.25, 0.3) is 5.91 Å². The standard InChI is InChI=1S/C22H26N2O6/c1-6-29-22(28)18-13(3)19(24-14(18)4)20(26)15(5)30-17(25)11-23-21(27)16-9-7-8-12(2)10-16/h7-10,15,24H,6,11H2,1-5H3,(H,23,27)/t15-/m0/s1. The lowest BCUT2D eigenvalue weighted by molar-refractivity contribution is -0.145. The average Bonchev–Trinajstić information content (AvgIpc) is 2.99. The summed E-state index contributed by atoms with van der Waals surface area (Å²) in [7, 11) is 0. The fourth-order valence-corrected chi connectivity index (χ4v) is 3.04. The quantitative estimate of drug-likeness (QED) is 0.507. The number of rotatable bonds is 8. The number of carbonyl (C=O) groups excluding carboxylic acids is 4. The fraction of sp³-hybridized carbons (Fsp3) is 0.364. The summed E-state index contributed by atoms with van der Waals surface area (Å²) in [5, 5.41) is 2.47. The number of carbonyl (C=O) groups is 4. The number of benzene rings is 1. The topological polar surface area (TPSA) is 115 Å². The van der Waals surface area contributed by atoms with E-state index < -0.39 is 29.7 Å². The lowest BCUT2D eigenvalue weighted by Crippen LogP contribution is -2.34. The molecule has 0 aliphatic heterocycles. The molecule has 30 heavy (non-hydrogen) atoms. The predicted molar refractivity (Wildman–Crippen MR) is 110 cm³/mol. The number of aromatic nitrogens is 1. The highest BCUT2D eigenvalue weighted by molar-refractivity contribution is 6.04. The molecule has 2 N–H and O–H groups in total. The summed E-state index contributed by atoms with van der Waals surface area (Å²) in [5.41, 5.74) is 2.76. The van der Waals surface area contributed by atoms with Crippen molar-refractivity contribution in [3.05, 3.63) is 57.9 Å². The van der Waals surface area contributed by atoms with E-state index in [9.17, 15) is 19.2 Å². The second-order valence-electron chi connectivity index (χ2n) is 6.89. The predicted octanol–water partition coefficient (Wildman–Crippen LogP) is 2.66. The highest BCUT2D eigenvalue weighted by Crippen LogP contribution is 2.21. The van der Waals surface area contributed by atoms with Crippen LogP contribution in [0, 0.1) is 20.8 Å². The lowest BCUT2D eigenvalue weighted by Gasteiger charge is -2.13. The van der Waals surface area contributed by atoms with Crippen LogP contribution >= 0.6 is 0 Å².